The van der Waals surface area contributed by atoms with E-state index in [0.29, 0.717) is 19.4 Å². The Bertz CT molecular complexity index is 873. The quantitative estimate of drug-likeness (QED) is 0.624. The van der Waals surface area contributed by atoms with Gasteiger partial charge in [-0.2, -0.15) is 0 Å². The molecule has 0 atom stereocenters. The van der Waals surface area contributed by atoms with Crippen molar-refractivity contribution in [2.24, 2.45) is 0 Å². The maximum absolute atomic E-state index is 13.3. The minimum absolute atomic E-state index is 0.0219. The van der Waals surface area contributed by atoms with E-state index in [1.54, 1.807) is 0 Å². The van der Waals surface area contributed by atoms with E-state index in [9.17, 15) is 9.59 Å². The van der Waals surface area contributed by atoms with Crippen LogP contribution in [-0.4, -0.2) is 41.5 Å². The van der Waals surface area contributed by atoms with Crippen molar-refractivity contribution in [2.75, 3.05) is 13.1 Å². The molecule has 1 heterocycles. The van der Waals surface area contributed by atoms with Crippen molar-refractivity contribution in [3.8, 4) is 0 Å². The molecule has 4 rings (SSSR count). The molecule has 1 aliphatic carbocycles. The summed E-state index contributed by atoms with van der Waals surface area (Å²) >= 11 is 0. The molecule has 3 N–H and O–H groups in total. The van der Waals surface area contributed by atoms with Crippen molar-refractivity contribution >= 4 is 11.9 Å². The highest BCUT2D eigenvalue weighted by atomic mass is 16.2. The zero-order valence-electron chi connectivity index (χ0n) is 18.7. The van der Waals surface area contributed by atoms with Crippen molar-refractivity contribution in [3.63, 3.8) is 0 Å². The number of urea groups is 1. The number of likely N-dealkylation sites (tertiary alicyclic amines) is 1. The van der Waals surface area contributed by atoms with Crippen LogP contribution in [0.5, 0.6) is 0 Å². The molecule has 0 bridgehead atoms. The number of nitrogens with one attached hydrogen (secondary N) is 3. The molecule has 1 saturated carbocycles. The zero-order valence-corrected chi connectivity index (χ0v) is 18.7. The van der Waals surface area contributed by atoms with Gasteiger partial charge in [-0.3, -0.25) is 9.69 Å². The summed E-state index contributed by atoms with van der Waals surface area (Å²) in [4.78, 5) is 28.3. The van der Waals surface area contributed by atoms with Crippen LogP contribution >= 0.6 is 0 Å². The zero-order chi connectivity index (χ0) is 22.2. The van der Waals surface area contributed by atoms with Crippen molar-refractivity contribution in [3.05, 3.63) is 71.8 Å². The van der Waals surface area contributed by atoms with Gasteiger partial charge in [0, 0.05) is 32.2 Å². The van der Waals surface area contributed by atoms with Crippen LogP contribution in [0.15, 0.2) is 60.7 Å². The van der Waals surface area contributed by atoms with Gasteiger partial charge >= 0.3 is 6.03 Å². The van der Waals surface area contributed by atoms with Gasteiger partial charge in [-0.1, -0.05) is 73.5 Å². The molecule has 2 aromatic rings. The molecule has 1 saturated heterocycles. The fourth-order valence-corrected chi connectivity index (χ4v) is 4.83. The first-order chi connectivity index (χ1) is 15.6. The van der Waals surface area contributed by atoms with Gasteiger partial charge < -0.3 is 16.0 Å². The Morgan fingerprint density at radius 3 is 2.09 bits per heavy atom. The number of carbonyl (C=O) groups is 2. The second-order valence-electron chi connectivity index (χ2n) is 9.09. The summed E-state index contributed by atoms with van der Waals surface area (Å²) in [6.07, 6.45) is 5.20. The Morgan fingerprint density at radius 1 is 0.875 bits per heavy atom. The first-order valence-corrected chi connectivity index (χ1v) is 11.8. The average molecular weight is 435 g/mol. The van der Waals surface area contributed by atoms with Gasteiger partial charge in [0.2, 0.25) is 5.91 Å². The van der Waals surface area contributed by atoms with Gasteiger partial charge in [-0.05, 0) is 36.8 Å². The number of amides is 3. The van der Waals surface area contributed by atoms with E-state index in [0.717, 1.165) is 50.9 Å². The van der Waals surface area contributed by atoms with E-state index in [-0.39, 0.29) is 18.0 Å². The molecule has 6 heteroatoms. The number of hydrogen-bond acceptors (Lipinski definition) is 3. The smallest absolute Gasteiger partial charge is 0.315 e. The standard InChI is InChI=1S/C26H34N4O2/c31-24(28-23-13-17-30(18-14-23)20-22-11-5-2-6-12-22)26(15-7-8-16-26)29-25(32)27-19-21-9-3-1-4-10-21/h1-6,9-12,23H,7-8,13-20H2,(H,28,31)(H2,27,29,32). The van der Waals surface area contributed by atoms with Crippen LogP contribution in [0, 0.1) is 0 Å². The minimum atomic E-state index is -0.790. The Kier molecular flexibility index (Phi) is 7.43. The van der Waals surface area contributed by atoms with Crippen LogP contribution in [-0.2, 0) is 17.9 Å². The van der Waals surface area contributed by atoms with E-state index in [1.807, 2.05) is 36.4 Å². The first-order valence-electron chi connectivity index (χ1n) is 11.8. The predicted molar refractivity (Wildman–Crippen MR) is 126 cm³/mol. The summed E-state index contributed by atoms with van der Waals surface area (Å²) in [5.41, 5.74) is 1.57. The Balaban J connectivity index is 1.26. The van der Waals surface area contributed by atoms with Gasteiger partial charge in [-0.25, -0.2) is 4.79 Å². The third kappa shape index (κ3) is 5.88. The molecule has 1 aliphatic heterocycles. The van der Waals surface area contributed by atoms with Crippen LogP contribution < -0.4 is 16.0 Å². The summed E-state index contributed by atoms with van der Waals surface area (Å²) in [5.74, 6) is -0.0219. The molecule has 2 fully saturated rings. The van der Waals surface area contributed by atoms with Gasteiger partial charge in [0.25, 0.3) is 0 Å². The highest BCUT2D eigenvalue weighted by Crippen LogP contribution is 2.30. The minimum Gasteiger partial charge on any atom is -0.351 e. The second-order valence-corrected chi connectivity index (χ2v) is 9.09. The van der Waals surface area contributed by atoms with Crippen LogP contribution in [0.1, 0.15) is 49.7 Å². The van der Waals surface area contributed by atoms with E-state index in [1.165, 1.54) is 5.56 Å². The lowest BCUT2D eigenvalue weighted by Gasteiger charge is -2.35. The molecule has 3 amide bonds. The van der Waals surface area contributed by atoms with Crippen molar-refractivity contribution < 1.29 is 9.59 Å². The lowest BCUT2D eigenvalue weighted by atomic mass is 9.94. The molecule has 170 valence electrons. The van der Waals surface area contributed by atoms with Gasteiger partial charge in [0.05, 0.1) is 0 Å². The molecule has 0 unspecified atom stereocenters. The van der Waals surface area contributed by atoms with Gasteiger partial charge in [-0.15, -0.1) is 0 Å². The van der Waals surface area contributed by atoms with E-state index >= 15 is 0 Å². The number of benzene rings is 2. The first kappa shape index (κ1) is 22.3. The lowest BCUT2D eigenvalue weighted by molar-refractivity contribution is -0.128. The number of hydrogen-bond donors (Lipinski definition) is 3. The van der Waals surface area contributed by atoms with Crippen LogP contribution in [0.3, 0.4) is 0 Å². The van der Waals surface area contributed by atoms with Gasteiger partial charge in [0.1, 0.15) is 5.54 Å². The summed E-state index contributed by atoms with van der Waals surface area (Å²) in [7, 11) is 0. The summed E-state index contributed by atoms with van der Waals surface area (Å²) in [6.45, 7) is 3.34. The van der Waals surface area contributed by atoms with E-state index in [2.05, 4.69) is 45.1 Å². The summed E-state index contributed by atoms with van der Waals surface area (Å²) < 4.78 is 0. The number of carbonyl (C=O) groups excluding carboxylic acids is 2. The molecule has 2 aliphatic rings. The molecule has 0 spiro atoms. The Hall–Kier alpha value is -2.86. The third-order valence-corrected chi connectivity index (χ3v) is 6.71. The number of piperidine rings is 1. The summed E-state index contributed by atoms with van der Waals surface area (Å²) in [6, 6.07) is 20.2. The van der Waals surface area contributed by atoms with Crippen LogP contribution in [0.25, 0.3) is 0 Å². The maximum atomic E-state index is 13.3. The third-order valence-electron chi connectivity index (χ3n) is 6.71. The topological polar surface area (TPSA) is 73.5 Å². The molecule has 32 heavy (non-hydrogen) atoms. The van der Waals surface area contributed by atoms with E-state index in [4.69, 9.17) is 0 Å². The Morgan fingerprint density at radius 2 is 1.47 bits per heavy atom. The van der Waals surface area contributed by atoms with Gasteiger partial charge in [0.15, 0.2) is 0 Å². The summed E-state index contributed by atoms with van der Waals surface area (Å²) in [5, 5.41) is 9.18. The van der Waals surface area contributed by atoms with Crippen LogP contribution in [0.2, 0.25) is 0 Å². The van der Waals surface area contributed by atoms with Crippen molar-refractivity contribution in [1.29, 1.82) is 0 Å². The molecule has 0 radical (unpaired) electrons. The van der Waals surface area contributed by atoms with Crippen LogP contribution in [0.4, 0.5) is 4.79 Å². The maximum Gasteiger partial charge on any atom is 0.315 e. The Labute approximate surface area is 190 Å². The van der Waals surface area contributed by atoms with E-state index < -0.39 is 5.54 Å². The highest BCUT2D eigenvalue weighted by Gasteiger charge is 2.43. The fourth-order valence-electron chi connectivity index (χ4n) is 4.83. The second kappa shape index (κ2) is 10.6. The molecule has 6 nitrogen and oxygen atoms in total. The largest absolute Gasteiger partial charge is 0.351 e. The normalized spacial score (nSPS) is 18.8. The molecule has 2 aromatic carbocycles. The number of rotatable bonds is 7. The molecular formula is C26H34N4O2. The molecule has 0 aromatic heterocycles. The SMILES string of the molecule is O=C(NCc1ccccc1)NC1(C(=O)NC2CCN(Cc3ccccc3)CC2)CCCC1. The van der Waals surface area contributed by atoms with Crippen molar-refractivity contribution in [1.82, 2.24) is 20.9 Å². The highest BCUT2D eigenvalue weighted by molar-refractivity contribution is 5.91. The predicted octanol–water partition coefficient (Wildman–Crippen LogP) is 3.58. The lowest BCUT2D eigenvalue weighted by Crippen LogP contribution is -2.61. The monoisotopic (exact) mass is 434 g/mol. The molecular weight excluding hydrogens is 400 g/mol. The van der Waals surface area contributed by atoms with Crippen molar-refractivity contribution in [2.45, 2.75) is 63.2 Å². The average Bonchev–Trinajstić information content (AvgIpc) is 3.30. The fraction of sp³-hybridized carbons (Fsp3) is 0.462. The number of nitrogens with zero attached hydrogens (tertiary/aromatic N) is 1.